The Morgan fingerprint density at radius 2 is 1.61 bits per heavy atom. The number of imidazole rings is 1. The summed E-state index contributed by atoms with van der Waals surface area (Å²) in [5, 5.41) is 0. The topological polar surface area (TPSA) is 58.4 Å². The molecule has 1 fully saturated rings. The molecule has 0 saturated carbocycles. The smallest absolute Gasteiger partial charge is 0.274 e. The van der Waals surface area contributed by atoms with Gasteiger partial charge in [0.25, 0.3) is 11.8 Å². The standard InChI is InChI=1S/C30H36N4O2/c1-2-19-33(25-17-21-32(22-18-25)29(35)24-14-8-4-9-15-24)30(36)27-26-16-10-5-11-20-34(26)28(31-27)23-12-6-3-7-13-23/h3-4,6-9,12-15,25H,2,5,10-11,16-22H2,1H3. The van der Waals surface area contributed by atoms with Crippen LogP contribution < -0.4 is 0 Å². The highest BCUT2D eigenvalue weighted by Gasteiger charge is 2.33. The molecule has 188 valence electrons. The normalized spacial score (nSPS) is 16.3. The molecule has 2 aromatic carbocycles. The highest BCUT2D eigenvalue weighted by molar-refractivity contribution is 5.95. The molecule has 36 heavy (non-hydrogen) atoms. The summed E-state index contributed by atoms with van der Waals surface area (Å²) < 4.78 is 2.29. The summed E-state index contributed by atoms with van der Waals surface area (Å²) in [7, 11) is 0. The van der Waals surface area contributed by atoms with Gasteiger partial charge in [-0.1, -0.05) is 61.9 Å². The zero-order chi connectivity index (χ0) is 24.9. The molecule has 2 aliphatic rings. The molecule has 0 bridgehead atoms. The van der Waals surface area contributed by atoms with Gasteiger partial charge in [0.15, 0.2) is 0 Å². The molecule has 1 aromatic heterocycles. The van der Waals surface area contributed by atoms with Crippen LogP contribution in [0.3, 0.4) is 0 Å². The highest BCUT2D eigenvalue weighted by atomic mass is 16.2. The third-order valence-electron chi connectivity index (χ3n) is 7.54. The zero-order valence-electron chi connectivity index (χ0n) is 21.2. The number of hydrogen-bond acceptors (Lipinski definition) is 3. The third kappa shape index (κ3) is 4.95. The first-order chi connectivity index (χ1) is 17.7. The molecule has 6 nitrogen and oxygen atoms in total. The predicted octanol–water partition coefficient (Wildman–Crippen LogP) is 5.43. The maximum atomic E-state index is 14.1. The second-order valence-corrected chi connectivity index (χ2v) is 9.95. The molecule has 2 amide bonds. The van der Waals surface area contributed by atoms with E-state index in [-0.39, 0.29) is 17.9 Å². The Morgan fingerprint density at radius 3 is 2.31 bits per heavy atom. The SMILES string of the molecule is CCCN(C(=O)c1nc(-c2ccccc2)n2c1CCCCC2)C1CCN(C(=O)c2ccccc2)CC1. The predicted molar refractivity (Wildman–Crippen MR) is 142 cm³/mol. The molecule has 2 aliphatic heterocycles. The van der Waals surface area contributed by atoms with Crippen molar-refractivity contribution in [3.63, 3.8) is 0 Å². The van der Waals surface area contributed by atoms with E-state index in [2.05, 4.69) is 23.6 Å². The van der Waals surface area contributed by atoms with E-state index < -0.39 is 0 Å². The van der Waals surface area contributed by atoms with Crippen molar-refractivity contribution < 1.29 is 9.59 Å². The minimum atomic E-state index is 0.0533. The average Bonchev–Trinajstić information content (AvgIpc) is 3.12. The summed E-state index contributed by atoms with van der Waals surface area (Å²) in [5.74, 6) is 1.04. The van der Waals surface area contributed by atoms with Gasteiger partial charge in [0.1, 0.15) is 11.5 Å². The van der Waals surface area contributed by atoms with Crippen LogP contribution in [0.2, 0.25) is 0 Å². The Balaban J connectivity index is 1.38. The van der Waals surface area contributed by atoms with Crippen molar-refractivity contribution >= 4 is 11.8 Å². The van der Waals surface area contributed by atoms with Gasteiger partial charge in [-0.2, -0.15) is 0 Å². The fourth-order valence-corrected chi connectivity index (χ4v) is 5.67. The van der Waals surface area contributed by atoms with Crippen molar-refractivity contribution in [3.05, 3.63) is 77.6 Å². The molecule has 5 rings (SSSR count). The number of carbonyl (C=O) groups is 2. The van der Waals surface area contributed by atoms with E-state index in [4.69, 9.17) is 4.98 Å². The van der Waals surface area contributed by atoms with Crippen molar-refractivity contribution in [2.24, 2.45) is 0 Å². The second kappa shape index (κ2) is 11.1. The Labute approximate surface area is 213 Å². The maximum absolute atomic E-state index is 14.1. The van der Waals surface area contributed by atoms with E-state index in [9.17, 15) is 9.59 Å². The highest BCUT2D eigenvalue weighted by Crippen LogP contribution is 2.29. The number of benzene rings is 2. The van der Waals surface area contributed by atoms with Crippen LogP contribution in [0.5, 0.6) is 0 Å². The second-order valence-electron chi connectivity index (χ2n) is 9.95. The first-order valence-electron chi connectivity index (χ1n) is 13.5. The number of nitrogens with zero attached hydrogens (tertiary/aromatic N) is 4. The molecule has 1 saturated heterocycles. The van der Waals surface area contributed by atoms with Crippen molar-refractivity contribution in [2.45, 2.75) is 64.5 Å². The van der Waals surface area contributed by atoms with Gasteiger partial charge in [-0.05, 0) is 50.7 Å². The number of rotatable bonds is 6. The molecule has 0 unspecified atom stereocenters. The third-order valence-corrected chi connectivity index (χ3v) is 7.54. The lowest BCUT2D eigenvalue weighted by atomic mass is 10.0. The first-order valence-corrected chi connectivity index (χ1v) is 13.5. The van der Waals surface area contributed by atoms with Crippen LogP contribution in [0.4, 0.5) is 0 Å². The Morgan fingerprint density at radius 1 is 0.917 bits per heavy atom. The number of hydrogen-bond donors (Lipinski definition) is 0. The number of fused-ring (bicyclic) bond motifs is 1. The van der Waals surface area contributed by atoms with Gasteiger partial charge >= 0.3 is 0 Å². The van der Waals surface area contributed by atoms with Gasteiger partial charge in [-0.25, -0.2) is 4.98 Å². The molecule has 0 radical (unpaired) electrons. The number of piperidine rings is 1. The summed E-state index contributed by atoms with van der Waals surface area (Å²) in [5.41, 5.74) is 3.52. The van der Waals surface area contributed by atoms with Crippen LogP contribution in [0.1, 0.15) is 72.0 Å². The van der Waals surface area contributed by atoms with Gasteiger partial charge in [-0.15, -0.1) is 0 Å². The van der Waals surface area contributed by atoms with Crippen LogP contribution in [0.15, 0.2) is 60.7 Å². The molecule has 0 aliphatic carbocycles. The van der Waals surface area contributed by atoms with Crippen molar-refractivity contribution in [1.82, 2.24) is 19.4 Å². The van der Waals surface area contributed by atoms with Gasteiger partial charge in [0.2, 0.25) is 0 Å². The van der Waals surface area contributed by atoms with Crippen LogP contribution in [-0.2, 0) is 13.0 Å². The van der Waals surface area contributed by atoms with Crippen molar-refractivity contribution in [1.29, 1.82) is 0 Å². The van der Waals surface area contributed by atoms with Gasteiger partial charge in [0.05, 0.1) is 5.69 Å². The molecule has 0 spiro atoms. The first kappa shape index (κ1) is 24.3. The summed E-state index contributed by atoms with van der Waals surface area (Å²) >= 11 is 0. The molecule has 3 heterocycles. The van der Waals surface area contributed by atoms with Crippen LogP contribution in [0, 0.1) is 0 Å². The lowest BCUT2D eigenvalue weighted by molar-refractivity contribution is 0.0515. The quantitative estimate of drug-likeness (QED) is 0.469. The lowest BCUT2D eigenvalue weighted by Crippen LogP contribution is -2.49. The molecular weight excluding hydrogens is 448 g/mol. The van der Waals surface area contributed by atoms with Gasteiger partial charge < -0.3 is 14.4 Å². The minimum absolute atomic E-state index is 0.0533. The van der Waals surface area contributed by atoms with Crippen molar-refractivity contribution in [2.75, 3.05) is 19.6 Å². The monoisotopic (exact) mass is 484 g/mol. The Kier molecular flexibility index (Phi) is 7.49. The Bertz CT molecular complexity index is 1180. The van der Waals surface area contributed by atoms with E-state index in [0.29, 0.717) is 25.3 Å². The zero-order valence-corrected chi connectivity index (χ0v) is 21.2. The van der Waals surface area contributed by atoms with Crippen LogP contribution in [0.25, 0.3) is 11.4 Å². The summed E-state index contributed by atoms with van der Waals surface area (Å²) in [4.78, 5) is 36.0. The molecule has 3 aromatic rings. The maximum Gasteiger partial charge on any atom is 0.274 e. The van der Waals surface area contributed by atoms with E-state index in [1.54, 1.807) is 0 Å². The van der Waals surface area contributed by atoms with Gasteiger partial charge in [-0.3, -0.25) is 9.59 Å². The van der Waals surface area contributed by atoms with E-state index in [1.807, 2.05) is 58.3 Å². The molecule has 0 atom stereocenters. The lowest BCUT2D eigenvalue weighted by Gasteiger charge is -2.38. The van der Waals surface area contributed by atoms with Crippen molar-refractivity contribution in [3.8, 4) is 11.4 Å². The molecule has 6 heteroatoms. The molecular formula is C30H36N4O2. The van der Waals surface area contributed by atoms with E-state index in [0.717, 1.165) is 67.7 Å². The average molecular weight is 485 g/mol. The van der Waals surface area contributed by atoms with Crippen LogP contribution >= 0.6 is 0 Å². The fraction of sp³-hybridized carbons (Fsp3) is 0.433. The number of amides is 2. The number of aromatic nitrogens is 2. The summed E-state index contributed by atoms with van der Waals surface area (Å²) in [6.45, 7) is 5.08. The van der Waals surface area contributed by atoms with Crippen LogP contribution in [-0.4, -0.2) is 56.8 Å². The van der Waals surface area contributed by atoms with E-state index >= 15 is 0 Å². The fourth-order valence-electron chi connectivity index (χ4n) is 5.67. The summed E-state index contributed by atoms with van der Waals surface area (Å²) in [6, 6.07) is 19.8. The summed E-state index contributed by atoms with van der Waals surface area (Å²) in [6.07, 6.45) is 6.77. The largest absolute Gasteiger partial charge is 0.338 e. The molecule has 0 N–H and O–H groups in total. The van der Waals surface area contributed by atoms with E-state index in [1.165, 1.54) is 6.42 Å². The number of carbonyl (C=O) groups excluding carboxylic acids is 2. The Hall–Kier alpha value is -3.41. The van der Waals surface area contributed by atoms with Gasteiger partial charge in [0, 0.05) is 43.3 Å². The minimum Gasteiger partial charge on any atom is -0.338 e. The number of likely N-dealkylation sites (tertiary alicyclic amines) is 1.